The lowest BCUT2D eigenvalue weighted by atomic mass is 9.84. The molecule has 198 valence electrons. The summed E-state index contributed by atoms with van der Waals surface area (Å²) in [4.78, 5) is 29.3. The molecule has 8 nitrogen and oxygen atoms in total. The Labute approximate surface area is 223 Å². The van der Waals surface area contributed by atoms with Crippen molar-refractivity contribution in [3.8, 4) is 0 Å². The Bertz CT molecular complexity index is 1380. The summed E-state index contributed by atoms with van der Waals surface area (Å²) in [5.41, 5.74) is 2.86. The van der Waals surface area contributed by atoms with Crippen LogP contribution in [0.2, 0.25) is 0 Å². The zero-order valence-corrected chi connectivity index (χ0v) is 22.3. The van der Waals surface area contributed by atoms with Crippen molar-refractivity contribution in [3.05, 3.63) is 78.3 Å². The third kappa shape index (κ3) is 5.64. The van der Waals surface area contributed by atoms with Crippen LogP contribution in [0.1, 0.15) is 76.2 Å². The molecule has 8 heteroatoms. The van der Waals surface area contributed by atoms with Crippen LogP contribution in [0.5, 0.6) is 0 Å². The topological polar surface area (TPSA) is 93.3 Å². The van der Waals surface area contributed by atoms with Gasteiger partial charge >= 0.3 is 0 Å². The SMILES string of the molecule is CC(C)(C)NC(=O)[C@H](c1ccco1)N(C(=O)Cn1nnc2ccccc21)c1ccc(C2CCCCC2)cc1. The Morgan fingerprint density at radius 2 is 1.76 bits per heavy atom. The first kappa shape index (κ1) is 25.7. The summed E-state index contributed by atoms with van der Waals surface area (Å²) >= 11 is 0. The average molecular weight is 514 g/mol. The van der Waals surface area contributed by atoms with Gasteiger partial charge in [0.05, 0.1) is 11.8 Å². The van der Waals surface area contributed by atoms with Gasteiger partial charge in [-0.05, 0) is 81.5 Å². The molecule has 2 heterocycles. The van der Waals surface area contributed by atoms with Crippen molar-refractivity contribution in [2.45, 2.75) is 76.9 Å². The summed E-state index contributed by atoms with van der Waals surface area (Å²) in [5, 5.41) is 11.4. The maximum absolute atomic E-state index is 14.1. The van der Waals surface area contributed by atoms with E-state index in [2.05, 4.69) is 27.8 Å². The van der Waals surface area contributed by atoms with Gasteiger partial charge in [-0.2, -0.15) is 0 Å². The number of hydrogen-bond donors (Lipinski definition) is 1. The standard InChI is InChI=1S/C30H35N5O3/c1-30(2,3)31-29(37)28(26-14-9-19-38-26)35(23-17-15-22(16-18-23)21-10-5-4-6-11-21)27(36)20-34-25-13-8-7-12-24(25)32-33-34/h7-9,12-19,21,28H,4-6,10-11,20H2,1-3H3,(H,31,37)/t28-/m0/s1. The number of para-hydroxylation sites is 1. The monoisotopic (exact) mass is 513 g/mol. The van der Waals surface area contributed by atoms with Crippen LogP contribution in [0.3, 0.4) is 0 Å². The Hall–Kier alpha value is -3.94. The predicted molar refractivity (Wildman–Crippen MR) is 147 cm³/mol. The van der Waals surface area contributed by atoms with Gasteiger partial charge in [0.15, 0.2) is 6.04 Å². The number of benzene rings is 2. The van der Waals surface area contributed by atoms with Crippen LogP contribution in [0, 0.1) is 0 Å². The lowest BCUT2D eigenvalue weighted by Crippen LogP contribution is -2.50. The van der Waals surface area contributed by atoms with E-state index in [1.54, 1.807) is 16.8 Å². The van der Waals surface area contributed by atoms with Crippen LogP contribution in [-0.4, -0.2) is 32.3 Å². The second-order valence-corrected chi connectivity index (χ2v) is 11.1. The number of aromatic nitrogens is 3. The average Bonchev–Trinajstić information content (AvgIpc) is 3.57. The Morgan fingerprint density at radius 3 is 2.45 bits per heavy atom. The van der Waals surface area contributed by atoms with Gasteiger partial charge in [0.1, 0.15) is 17.8 Å². The molecule has 5 rings (SSSR count). The molecule has 1 N–H and O–H groups in total. The van der Waals surface area contributed by atoms with Crippen molar-refractivity contribution in [1.82, 2.24) is 20.3 Å². The molecule has 0 radical (unpaired) electrons. The number of carbonyl (C=O) groups excluding carboxylic acids is 2. The van der Waals surface area contributed by atoms with Crippen molar-refractivity contribution in [2.24, 2.45) is 0 Å². The van der Waals surface area contributed by atoms with E-state index in [0.717, 1.165) is 5.52 Å². The van der Waals surface area contributed by atoms with Crippen LogP contribution in [0.25, 0.3) is 11.0 Å². The van der Waals surface area contributed by atoms with Crippen LogP contribution in [0.15, 0.2) is 71.3 Å². The lowest BCUT2D eigenvalue weighted by Gasteiger charge is -2.32. The minimum atomic E-state index is -0.993. The fourth-order valence-electron chi connectivity index (χ4n) is 5.28. The molecule has 1 fully saturated rings. The number of furan rings is 1. The summed E-state index contributed by atoms with van der Waals surface area (Å²) in [6.07, 6.45) is 7.68. The maximum atomic E-state index is 14.1. The second kappa shape index (κ2) is 10.8. The molecule has 38 heavy (non-hydrogen) atoms. The molecule has 2 amide bonds. The smallest absolute Gasteiger partial charge is 0.251 e. The lowest BCUT2D eigenvalue weighted by molar-refractivity contribution is -0.128. The molecule has 1 aliphatic rings. The van der Waals surface area contributed by atoms with E-state index in [0.29, 0.717) is 22.9 Å². The molecule has 2 aromatic carbocycles. The third-order valence-corrected chi connectivity index (χ3v) is 7.04. The van der Waals surface area contributed by atoms with Gasteiger partial charge in [-0.3, -0.25) is 14.5 Å². The summed E-state index contributed by atoms with van der Waals surface area (Å²) < 4.78 is 7.29. The number of rotatable bonds is 7. The van der Waals surface area contributed by atoms with Gasteiger partial charge < -0.3 is 9.73 Å². The highest BCUT2D eigenvalue weighted by molar-refractivity contribution is 6.01. The Balaban J connectivity index is 1.54. The number of anilines is 1. The molecule has 0 unspecified atom stereocenters. The van der Waals surface area contributed by atoms with E-state index in [-0.39, 0.29) is 18.4 Å². The number of carbonyl (C=O) groups is 2. The second-order valence-electron chi connectivity index (χ2n) is 11.1. The van der Waals surface area contributed by atoms with Gasteiger partial charge in [-0.1, -0.05) is 48.7 Å². The maximum Gasteiger partial charge on any atom is 0.251 e. The summed E-state index contributed by atoms with van der Waals surface area (Å²) in [7, 11) is 0. The molecule has 1 atom stereocenters. The van der Waals surface area contributed by atoms with E-state index in [1.807, 2.05) is 57.2 Å². The summed E-state index contributed by atoms with van der Waals surface area (Å²) in [5.74, 6) is 0.311. The van der Waals surface area contributed by atoms with Crippen molar-refractivity contribution in [3.63, 3.8) is 0 Å². The van der Waals surface area contributed by atoms with Gasteiger partial charge in [-0.15, -0.1) is 5.10 Å². The molecule has 0 spiro atoms. The highest BCUT2D eigenvalue weighted by Gasteiger charge is 2.36. The highest BCUT2D eigenvalue weighted by Crippen LogP contribution is 2.35. The molecule has 0 aliphatic heterocycles. The molecule has 2 aromatic heterocycles. The minimum Gasteiger partial charge on any atom is -0.467 e. The molecular formula is C30H35N5O3. The first-order chi connectivity index (χ1) is 18.3. The minimum absolute atomic E-state index is 0.0785. The quantitative estimate of drug-likeness (QED) is 0.339. The van der Waals surface area contributed by atoms with Crippen LogP contribution >= 0.6 is 0 Å². The zero-order valence-electron chi connectivity index (χ0n) is 22.3. The molecule has 1 saturated carbocycles. The molecular weight excluding hydrogens is 478 g/mol. The number of nitrogens with zero attached hydrogens (tertiary/aromatic N) is 4. The van der Waals surface area contributed by atoms with E-state index < -0.39 is 11.6 Å². The number of hydrogen-bond acceptors (Lipinski definition) is 5. The normalized spacial score (nSPS) is 15.3. The Morgan fingerprint density at radius 1 is 1.03 bits per heavy atom. The fourth-order valence-corrected chi connectivity index (χ4v) is 5.28. The fraction of sp³-hybridized carbons (Fsp3) is 0.400. The molecule has 0 bridgehead atoms. The van der Waals surface area contributed by atoms with E-state index in [1.165, 1.54) is 48.8 Å². The van der Waals surface area contributed by atoms with Crippen LogP contribution < -0.4 is 10.2 Å². The van der Waals surface area contributed by atoms with Crippen LogP contribution in [0.4, 0.5) is 5.69 Å². The third-order valence-electron chi connectivity index (χ3n) is 7.04. The van der Waals surface area contributed by atoms with Gasteiger partial charge in [0.2, 0.25) is 5.91 Å². The largest absolute Gasteiger partial charge is 0.467 e. The molecule has 0 saturated heterocycles. The van der Waals surface area contributed by atoms with Crippen molar-refractivity contribution >= 4 is 28.5 Å². The molecule has 1 aliphatic carbocycles. The zero-order chi connectivity index (χ0) is 26.7. The van der Waals surface area contributed by atoms with Gasteiger partial charge in [0.25, 0.3) is 5.91 Å². The summed E-state index contributed by atoms with van der Waals surface area (Å²) in [6.45, 7) is 5.66. The van der Waals surface area contributed by atoms with Gasteiger partial charge in [0, 0.05) is 11.2 Å². The first-order valence-electron chi connectivity index (χ1n) is 13.4. The predicted octanol–water partition coefficient (Wildman–Crippen LogP) is 5.76. The van der Waals surface area contributed by atoms with Crippen molar-refractivity contribution < 1.29 is 14.0 Å². The van der Waals surface area contributed by atoms with Crippen molar-refractivity contribution in [1.29, 1.82) is 0 Å². The van der Waals surface area contributed by atoms with E-state index >= 15 is 0 Å². The number of amides is 2. The van der Waals surface area contributed by atoms with Crippen LogP contribution in [-0.2, 0) is 16.1 Å². The van der Waals surface area contributed by atoms with E-state index in [9.17, 15) is 9.59 Å². The molecule has 4 aromatic rings. The van der Waals surface area contributed by atoms with E-state index in [4.69, 9.17) is 4.42 Å². The number of fused-ring (bicyclic) bond motifs is 1. The number of nitrogens with one attached hydrogen (secondary N) is 1. The van der Waals surface area contributed by atoms with Gasteiger partial charge in [-0.25, -0.2) is 4.68 Å². The van der Waals surface area contributed by atoms with Crippen molar-refractivity contribution in [2.75, 3.05) is 4.90 Å². The Kier molecular flexibility index (Phi) is 7.31. The summed E-state index contributed by atoms with van der Waals surface area (Å²) in [6, 6.07) is 18.0. The highest BCUT2D eigenvalue weighted by atomic mass is 16.3. The first-order valence-corrected chi connectivity index (χ1v) is 13.4.